The third-order valence-corrected chi connectivity index (χ3v) is 6.32. The molecule has 3 heterocycles. The second kappa shape index (κ2) is 6.14. The van der Waals surface area contributed by atoms with Crippen LogP contribution in [0.1, 0.15) is 41.9 Å². The molecule has 1 aliphatic rings. The van der Waals surface area contributed by atoms with Crippen LogP contribution in [0, 0.1) is 12.8 Å². The molecular formula is C20H25N2S+. The van der Waals surface area contributed by atoms with Crippen LogP contribution in [-0.4, -0.2) is 18.1 Å². The first-order chi connectivity index (χ1) is 11.2. The van der Waals surface area contributed by atoms with Gasteiger partial charge in [-0.3, -0.25) is 0 Å². The number of aryl methyl sites for hydroxylation is 1. The van der Waals surface area contributed by atoms with Crippen LogP contribution in [0.3, 0.4) is 0 Å². The van der Waals surface area contributed by atoms with Gasteiger partial charge in [0.05, 0.1) is 18.0 Å². The fourth-order valence-electron chi connectivity index (χ4n) is 4.10. The Labute approximate surface area is 142 Å². The number of fused-ring (bicyclic) bond motifs is 1. The molecule has 0 radical (unpaired) electrons. The highest BCUT2D eigenvalue weighted by Gasteiger charge is 2.33. The molecule has 23 heavy (non-hydrogen) atoms. The van der Waals surface area contributed by atoms with Crippen LogP contribution < -0.4 is 4.90 Å². The summed E-state index contributed by atoms with van der Waals surface area (Å²) in [5.74, 6) is 0.881. The lowest BCUT2D eigenvalue weighted by atomic mass is 9.94. The molecule has 1 fully saturated rings. The highest BCUT2D eigenvalue weighted by molar-refractivity contribution is 7.10. The summed E-state index contributed by atoms with van der Waals surface area (Å²) < 4.78 is 0. The molecule has 0 amide bonds. The van der Waals surface area contributed by atoms with Crippen LogP contribution in [0.2, 0.25) is 0 Å². The summed E-state index contributed by atoms with van der Waals surface area (Å²) in [7, 11) is 0. The van der Waals surface area contributed by atoms with Gasteiger partial charge in [-0.25, -0.2) is 0 Å². The van der Waals surface area contributed by atoms with Crippen molar-refractivity contribution in [3.05, 3.63) is 57.9 Å². The van der Waals surface area contributed by atoms with Crippen molar-refractivity contribution in [3.63, 3.8) is 0 Å². The molecule has 3 aromatic rings. The van der Waals surface area contributed by atoms with E-state index in [1.54, 1.807) is 4.90 Å². The van der Waals surface area contributed by atoms with Gasteiger partial charge >= 0.3 is 0 Å². The topological polar surface area (TPSA) is 20.2 Å². The van der Waals surface area contributed by atoms with E-state index >= 15 is 0 Å². The molecule has 3 heteroatoms. The Bertz CT molecular complexity index is 779. The van der Waals surface area contributed by atoms with Crippen molar-refractivity contribution >= 4 is 22.2 Å². The standard InChI is InChI=1S/C20H24N2S/c1-14-9-11-22(12-10-14)20(18-8-5-13-23-18)19-15(2)21-17-7-4-3-6-16(17)19/h3-8,13-14,20-21H,9-12H2,1-2H3/p+1/t20-/m0/s1. The molecule has 2 N–H and O–H groups in total. The van der Waals surface area contributed by atoms with Gasteiger partial charge in [0.2, 0.25) is 0 Å². The largest absolute Gasteiger partial charge is 0.358 e. The number of aromatic nitrogens is 1. The van der Waals surface area contributed by atoms with Gasteiger partial charge in [-0.15, -0.1) is 11.3 Å². The number of aromatic amines is 1. The predicted octanol–water partition coefficient (Wildman–Crippen LogP) is 3.94. The van der Waals surface area contributed by atoms with Gasteiger partial charge in [0.25, 0.3) is 0 Å². The van der Waals surface area contributed by atoms with Crippen molar-refractivity contribution in [2.24, 2.45) is 5.92 Å². The van der Waals surface area contributed by atoms with Crippen molar-refractivity contribution in [3.8, 4) is 0 Å². The Morgan fingerprint density at radius 2 is 1.91 bits per heavy atom. The summed E-state index contributed by atoms with van der Waals surface area (Å²) >= 11 is 1.91. The van der Waals surface area contributed by atoms with Crippen LogP contribution in [-0.2, 0) is 0 Å². The summed E-state index contributed by atoms with van der Waals surface area (Å²) in [6.45, 7) is 7.20. The highest BCUT2D eigenvalue weighted by atomic mass is 32.1. The van der Waals surface area contributed by atoms with Crippen LogP contribution in [0.15, 0.2) is 41.8 Å². The molecule has 0 unspecified atom stereocenters. The molecule has 2 aromatic heterocycles. The van der Waals surface area contributed by atoms with Gasteiger partial charge in [0.1, 0.15) is 0 Å². The van der Waals surface area contributed by atoms with Gasteiger partial charge in [0.15, 0.2) is 6.04 Å². The van der Waals surface area contributed by atoms with Crippen LogP contribution in [0.5, 0.6) is 0 Å². The number of thiophene rings is 1. The van der Waals surface area contributed by atoms with E-state index in [1.807, 2.05) is 11.3 Å². The first-order valence-corrected chi connectivity index (χ1v) is 9.57. The predicted molar refractivity (Wildman–Crippen MR) is 98.3 cm³/mol. The van der Waals surface area contributed by atoms with Gasteiger partial charge in [0, 0.05) is 22.2 Å². The Morgan fingerprint density at radius 1 is 1.13 bits per heavy atom. The average Bonchev–Trinajstić information content (AvgIpc) is 3.18. The van der Waals surface area contributed by atoms with Gasteiger partial charge in [-0.2, -0.15) is 0 Å². The quantitative estimate of drug-likeness (QED) is 0.727. The van der Waals surface area contributed by atoms with Crippen LogP contribution >= 0.6 is 11.3 Å². The molecule has 2 nitrogen and oxygen atoms in total. The zero-order valence-corrected chi connectivity index (χ0v) is 14.7. The monoisotopic (exact) mass is 325 g/mol. The summed E-state index contributed by atoms with van der Waals surface area (Å²) in [6, 6.07) is 13.8. The number of hydrogen-bond donors (Lipinski definition) is 2. The molecular weight excluding hydrogens is 300 g/mol. The van der Waals surface area contributed by atoms with Gasteiger partial charge in [-0.05, 0) is 43.2 Å². The minimum atomic E-state index is 0.471. The number of hydrogen-bond acceptors (Lipinski definition) is 1. The average molecular weight is 326 g/mol. The van der Waals surface area contributed by atoms with E-state index in [4.69, 9.17) is 0 Å². The Balaban J connectivity index is 1.83. The van der Waals surface area contributed by atoms with Crippen molar-refractivity contribution < 1.29 is 4.90 Å². The Kier molecular flexibility index (Phi) is 4.00. The number of para-hydroxylation sites is 1. The van der Waals surface area contributed by atoms with Gasteiger partial charge in [-0.1, -0.05) is 31.2 Å². The molecule has 0 spiro atoms. The zero-order chi connectivity index (χ0) is 15.8. The summed E-state index contributed by atoms with van der Waals surface area (Å²) in [5, 5.41) is 3.62. The molecule has 4 rings (SSSR count). The summed E-state index contributed by atoms with van der Waals surface area (Å²) in [4.78, 5) is 6.85. The molecule has 1 aromatic carbocycles. The minimum Gasteiger partial charge on any atom is -0.358 e. The lowest BCUT2D eigenvalue weighted by Crippen LogP contribution is -3.13. The first-order valence-electron chi connectivity index (χ1n) is 8.69. The van der Waals surface area contributed by atoms with Crippen molar-refractivity contribution in [1.29, 1.82) is 0 Å². The lowest BCUT2D eigenvalue weighted by molar-refractivity contribution is -0.931. The molecule has 0 aliphatic carbocycles. The Hall–Kier alpha value is -1.58. The highest BCUT2D eigenvalue weighted by Crippen LogP contribution is 2.32. The fraction of sp³-hybridized carbons (Fsp3) is 0.400. The van der Waals surface area contributed by atoms with E-state index in [9.17, 15) is 0 Å². The fourth-order valence-corrected chi connectivity index (χ4v) is 4.99. The maximum absolute atomic E-state index is 3.61. The number of benzene rings is 1. The van der Waals surface area contributed by atoms with Crippen molar-refractivity contribution in [2.75, 3.05) is 13.1 Å². The van der Waals surface area contributed by atoms with E-state index in [0.717, 1.165) is 5.92 Å². The molecule has 120 valence electrons. The van der Waals surface area contributed by atoms with E-state index in [0.29, 0.717) is 6.04 Å². The third kappa shape index (κ3) is 2.73. The van der Waals surface area contributed by atoms with Crippen molar-refractivity contribution in [2.45, 2.75) is 32.7 Å². The molecule has 0 saturated carbocycles. The van der Waals surface area contributed by atoms with Crippen LogP contribution in [0.4, 0.5) is 0 Å². The maximum Gasteiger partial charge on any atom is 0.150 e. The van der Waals surface area contributed by atoms with Gasteiger partial charge < -0.3 is 9.88 Å². The number of quaternary nitrogens is 1. The van der Waals surface area contributed by atoms with Crippen LogP contribution in [0.25, 0.3) is 10.9 Å². The molecule has 1 saturated heterocycles. The second-order valence-corrected chi connectivity index (χ2v) is 7.98. The Morgan fingerprint density at radius 3 is 2.65 bits per heavy atom. The minimum absolute atomic E-state index is 0.471. The smallest absolute Gasteiger partial charge is 0.150 e. The number of rotatable bonds is 3. The lowest BCUT2D eigenvalue weighted by Gasteiger charge is -2.33. The third-order valence-electron chi connectivity index (χ3n) is 5.38. The van der Waals surface area contributed by atoms with Crippen molar-refractivity contribution in [1.82, 2.24) is 4.98 Å². The number of H-pyrrole nitrogens is 1. The number of nitrogens with one attached hydrogen (secondary N) is 2. The summed E-state index contributed by atoms with van der Waals surface area (Å²) in [5.41, 5.74) is 4.11. The van der Waals surface area contributed by atoms with E-state index < -0.39 is 0 Å². The van der Waals surface area contributed by atoms with E-state index in [1.165, 1.54) is 53.0 Å². The number of piperidine rings is 1. The molecule has 1 atom stereocenters. The SMILES string of the molecule is Cc1[nH]c2ccccc2c1[C@H](c1cccs1)[NH+]1CCC(C)CC1. The van der Waals surface area contributed by atoms with E-state index in [-0.39, 0.29) is 0 Å². The first kappa shape index (κ1) is 15.0. The summed E-state index contributed by atoms with van der Waals surface area (Å²) in [6.07, 6.45) is 2.69. The number of likely N-dealkylation sites (tertiary alicyclic amines) is 1. The second-order valence-electron chi connectivity index (χ2n) is 7.00. The zero-order valence-electron chi connectivity index (χ0n) is 13.9. The van der Waals surface area contributed by atoms with E-state index in [2.05, 4.69) is 60.6 Å². The molecule has 1 aliphatic heterocycles. The maximum atomic E-state index is 3.61. The molecule has 0 bridgehead atoms. The normalized spacial score (nSPS) is 23.2.